The monoisotopic (exact) mass is 345 g/mol. The molecule has 4 nitrogen and oxygen atoms in total. The molecule has 0 aliphatic carbocycles. The van der Waals surface area contributed by atoms with Gasteiger partial charge in [-0.15, -0.1) is 0 Å². The summed E-state index contributed by atoms with van der Waals surface area (Å²) in [5, 5.41) is 1.15. The highest BCUT2D eigenvalue weighted by Crippen LogP contribution is 2.24. The Morgan fingerprint density at radius 3 is 2.62 bits per heavy atom. The molecule has 0 aliphatic heterocycles. The van der Waals surface area contributed by atoms with Gasteiger partial charge in [0.2, 0.25) is 0 Å². The lowest BCUT2D eigenvalue weighted by molar-refractivity contribution is 0.124. The standard InChI is InChI=1S/C22H23N3O/c1-17-24-21-16-23-20-12-6-5-11-19(20)22(21)25(17)13-15-26-14-7-10-18-8-3-2-4-9-18/h2-6,8-9,11-12,16H,7,10,13-15H2,1H3. The number of aromatic nitrogens is 3. The maximum absolute atomic E-state index is 5.88. The number of pyridine rings is 1. The normalized spacial score (nSPS) is 11.4. The van der Waals surface area contributed by atoms with Crippen molar-refractivity contribution >= 4 is 21.9 Å². The number of imidazole rings is 1. The van der Waals surface area contributed by atoms with Gasteiger partial charge in [-0.25, -0.2) is 4.98 Å². The number of hydrogen-bond acceptors (Lipinski definition) is 3. The van der Waals surface area contributed by atoms with Gasteiger partial charge in [0.1, 0.15) is 11.3 Å². The van der Waals surface area contributed by atoms with Crippen molar-refractivity contribution in [2.45, 2.75) is 26.3 Å². The Bertz CT molecular complexity index is 1010. The number of para-hydroxylation sites is 1. The van der Waals surface area contributed by atoms with Crippen molar-refractivity contribution < 1.29 is 4.74 Å². The quantitative estimate of drug-likeness (QED) is 0.462. The highest BCUT2D eigenvalue weighted by Gasteiger charge is 2.11. The summed E-state index contributed by atoms with van der Waals surface area (Å²) in [6.45, 7) is 4.33. The predicted octanol–water partition coefficient (Wildman–Crippen LogP) is 4.54. The molecule has 2 heterocycles. The molecule has 0 atom stereocenters. The molecule has 2 aromatic carbocycles. The number of fused-ring (bicyclic) bond motifs is 3. The second kappa shape index (κ2) is 7.67. The number of ether oxygens (including phenoxy) is 1. The molecule has 0 aliphatic rings. The number of nitrogens with zero attached hydrogens (tertiary/aromatic N) is 3. The number of benzene rings is 2. The topological polar surface area (TPSA) is 39.9 Å². The zero-order valence-corrected chi connectivity index (χ0v) is 15.1. The van der Waals surface area contributed by atoms with Crippen LogP contribution in [-0.4, -0.2) is 27.7 Å². The van der Waals surface area contributed by atoms with Crippen LogP contribution in [0.25, 0.3) is 21.9 Å². The zero-order valence-electron chi connectivity index (χ0n) is 15.1. The fourth-order valence-electron chi connectivity index (χ4n) is 3.43. The first-order valence-corrected chi connectivity index (χ1v) is 9.15. The highest BCUT2D eigenvalue weighted by molar-refractivity contribution is 6.02. The third kappa shape index (κ3) is 3.46. The van der Waals surface area contributed by atoms with E-state index in [9.17, 15) is 0 Å². The van der Waals surface area contributed by atoms with E-state index in [1.54, 1.807) is 0 Å². The lowest BCUT2D eigenvalue weighted by Crippen LogP contribution is -2.09. The van der Waals surface area contributed by atoms with Gasteiger partial charge in [-0.1, -0.05) is 48.5 Å². The Labute approximate surface area is 153 Å². The number of rotatable bonds is 7. The van der Waals surface area contributed by atoms with Gasteiger partial charge in [0.05, 0.1) is 23.8 Å². The van der Waals surface area contributed by atoms with E-state index in [-0.39, 0.29) is 0 Å². The predicted molar refractivity (Wildman–Crippen MR) is 105 cm³/mol. The van der Waals surface area contributed by atoms with E-state index < -0.39 is 0 Å². The molecule has 2 aromatic heterocycles. The number of aryl methyl sites for hydroxylation is 2. The van der Waals surface area contributed by atoms with Gasteiger partial charge in [0.15, 0.2) is 0 Å². The summed E-state index contributed by atoms with van der Waals surface area (Å²) in [6.07, 6.45) is 3.96. The van der Waals surface area contributed by atoms with E-state index in [0.29, 0.717) is 6.61 Å². The second-order valence-corrected chi connectivity index (χ2v) is 6.52. The van der Waals surface area contributed by atoms with Crippen LogP contribution in [0.5, 0.6) is 0 Å². The molecule has 4 rings (SSSR count). The molecule has 26 heavy (non-hydrogen) atoms. The van der Waals surface area contributed by atoms with Crippen LogP contribution in [0, 0.1) is 6.92 Å². The largest absolute Gasteiger partial charge is 0.380 e. The van der Waals surface area contributed by atoms with Crippen molar-refractivity contribution in [2.24, 2.45) is 0 Å². The van der Waals surface area contributed by atoms with E-state index in [0.717, 1.165) is 53.8 Å². The summed E-state index contributed by atoms with van der Waals surface area (Å²) >= 11 is 0. The minimum Gasteiger partial charge on any atom is -0.380 e. The maximum Gasteiger partial charge on any atom is 0.108 e. The van der Waals surface area contributed by atoms with Crippen LogP contribution in [0.3, 0.4) is 0 Å². The van der Waals surface area contributed by atoms with Gasteiger partial charge in [0, 0.05) is 18.5 Å². The first kappa shape index (κ1) is 16.7. The third-order valence-electron chi connectivity index (χ3n) is 4.73. The fraction of sp³-hybridized carbons (Fsp3) is 0.273. The molecule has 0 saturated heterocycles. The van der Waals surface area contributed by atoms with Crippen molar-refractivity contribution in [1.29, 1.82) is 0 Å². The molecule has 4 heteroatoms. The average molecular weight is 345 g/mol. The summed E-state index contributed by atoms with van der Waals surface area (Å²) in [7, 11) is 0. The van der Waals surface area contributed by atoms with E-state index in [1.807, 2.05) is 25.3 Å². The molecule has 0 amide bonds. The molecule has 0 radical (unpaired) electrons. The molecule has 0 N–H and O–H groups in total. The average Bonchev–Trinajstić information content (AvgIpc) is 3.01. The van der Waals surface area contributed by atoms with Crippen LogP contribution in [-0.2, 0) is 17.7 Å². The van der Waals surface area contributed by atoms with Crippen molar-refractivity contribution in [2.75, 3.05) is 13.2 Å². The summed E-state index contributed by atoms with van der Waals surface area (Å²) in [4.78, 5) is 9.17. The van der Waals surface area contributed by atoms with Gasteiger partial charge in [-0.2, -0.15) is 0 Å². The summed E-state index contributed by atoms with van der Waals surface area (Å²) in [5.41, 5.74) is 4.47. The van der Waals surface area contributed by atoms with Crippen LogP contribution >= 0.6 is 0 Å². The van der Waals surface area contributed by atoms with Gasteiger partial charge in [0.25, 0.3) is 0 Å². The smallest absolute Gasteiger partial charge is 0.108 e. The van der Waals surface area contributed by atoms with Crippen LogP contribution in [0.4, 0.5) is 0 Å². The lowest BCUT2D eigenvalue weighted by atomic mass is 10.1. The number of hydrogen-bond donors (Lipinski definition) is 0. The van der Waals surface area contributed by atoms with Crippen LogP contribution in [0.2, 0.25) is 0 Å². The van der Waals surface area contributed by atoms with Gasteiger partial charge in [-0.05, 0) is 31.4 Å². The van der Waals surface area contributed by atoms with E-state index in [4.69, 9.17) is 4.74 Å². The molecule has 0 bridgehead atoms. The minimum absolute atomic E-state index is 0.692. The van der Waals surface area contributed by atoms with Gasteiger partial charge < -0.3 is 9.30 Å². The van der Waals surface area contributed by atoms with E-state index in [2.05, 4.69) is 57.0 Å². The highest BCUT2D eigenvalue weighted by atomic mass is 16.5. The van der Waals surface area contributed by atoms with Crippen molar-refractivity contribution in [3.05, 3.63) is 72.2 Å². The summed E-state index contributed by atoms with van der Waals surface area (Å²) < 4.78 is 8.13. The van der Waals surface area contributed by atoms with Crippen LogP contribution in [0.15, 0.2) is 60.8 Å². The molecular formula is C22H23N3O. The van der Waals surface area contributed by atoms with Crippen molar-refractivity contribution in [3.63, 3.8) is 0 Å². The molecule has 0 saturated carbocycles. The Kier molecular flexibility index (Phi) is 4.93. The van der Waals surface area contributed by atoms with Gasteiger partial charge in [-0.3, -0.25) is 4.98 Å². The molecule has 0 spiro atoms. The van der Waals surface area contributed by atoms with E-state index >= 15 is 0 Å². The second-order valence-electron chi connectivity index (χ2n) is 6.52. The molecule has 0 fully saturated rings. The Balaban J connectivity index is 1.39. The summed E-state index contributed by atoms with van der Waals surface area (Å²) in [6, 6.07) is 18.8. The summed E-state index contributed by atoms with van der Waals surface area (Å²) in [5.74, 6) is 1.01. The maximum atomic E-state index is 5.88. The van der Waals surface area contributed by atoms with Crippen molar-refractivity contribution in [1.82, 2.24) is 14.5 Å². The minimum atomic E-state index is 0.692. The Morgan fingerprint density at radius 2 is 1.73 bits per heavy atom. The first-order chi connectivity index (χ1) is 12.8. The lowest BCUT2D eigenvalue weighted by Gasteiger charge is -2.09. The van der Waals surface area contributed by atoms with Crippen molar-refractivity contribution in [3.8, 4) is 0 Å². The van der Waals surface area contributed by atoms with Gasteiger partial charge >= 0.3 is 0 Å². The Hall–Kier alpha value is -2.72. The fourth-order valence-corrected chi connectivity index (χ4v) is 3.43. The van der Waals surface area contributed by atoms with E-state index in [1.165, 1.54) is 5.56 Å². The third-order valence-corrected chi connectivity index (χ3v) is 4.73. The molecule has 132 valence electrons. The molecular weight excluding hydrogens is 322 g/mol. The SMILES string of the molecule is Cc1nc2cnc3ccccc3c2n1CCOCCCc1ccccc1. The van der Waals surface area contributed by atoms with Crippen LogP contribution < -0.4 is 0 Å². The first-order valence-electron chi connectivity index (χ1n) is 9.15. The zero-order chi connectivity index (χ0) is 17.8. The molecule has 0 unspecified atom stereocenters. The van der Waals surface area contributed by atoms with Crippen LogP contribution in [0.1, 0.15) is 17.8 Å². The Morgan fingerprint density at radius 1 is 0.923 bits per heavy atom. The molecule has 4 aromatic rings.